The molecule has 3 rings (SSSR count). The molecule has 0 N–H and O–H groups in total. The molecule has 1 heterocycles. The van der Waals surface area contributed by atoms with Crippen molar-refractivity contribution in [3.63, 3.8) is 0 Å². The van der Waals surface area contributed by atoms with E-state index in [0.29, 0.717) is 21.3 Å². The first kappa shape index (κ1) is 21.3. The van der Waals surface area contributed by atoms with E-state index in [1.54, 1.807) is 25.1 Å². The Morgan fingerprint density at radius 1 is 1.37 bits per heavy atom. The fraction of sp³-hybridized carbons (Fsp3) is 0.143. The van der Waals surface area contributed by atoms with E-state index in [1.807, 2.05) is 17.5 Å². The van der Waals surface area contributed by atoms with Crippen molar-refractivity contribution in [3.05, 3.63) is 67.5 Å². The molecule has 9 heteroatoms. The van der Waals surface area contributed by atoms with E-state index < -0.39 is 4.92 Å². The minimum Gasteiger partial charge on any atom is -0.493 e. The van der Waals surface area contributed by atoms with Gasteiger partial charge >= 0.3 is 5.69 Å². The summed E-state index contributed by atoms with van der Waals surface area (Å²) in [5.74, 6) is 0.274. The van der Waals surface area contributed by atoms with Crippen molar-refractivity contribution in [2.45, 2.75) is 6.92 Å². The van der Waals surface area contributed by atoms with Crippen molar-refractivity contribution in [1.29, 1.82) is 5.26 Å². The Kier molecular flexibility index (Phi) is 6.67. The normalized spacial score (nSPS) is 11.1. The van der Waals surface area contributed by atoms with Gasteiger partial charge in [-0.25, -0.2) is 4.98 Å². The summed E-state index contributed by atoms with van der Waals surface area (Å²) in [5, 5.41) is 24.1. The first-order valence-corrected chi connectivity index (χ1v) is 10.1. The molecule has 1 aromatic heterocycles. The highest BCUT2D eigenvalue weighted by molar-refractivity contribution is 7.11. The number of rotatable bonds is 7. The van der Waals surface area contributed by atoms with Crippen LogP contribution in [0.2, 0.25) is 5.02 Å². The molecular formula is C21H16ClN3O4S. The van der Waals surface area contributed by atoms with Crippen molar-refractivity contribution < 1.29 is 14.4 Å². The van der Waals surface area contributed by atoms with Crippen LogP contribution in [0.25, 0.3) is 22.9 Å². The van der Waals surface area contributed by atoms with Crippen LogP contribution < -0.4 is 9.47 Å². The third kappa shape index (κ3) is 4.59. The number of thiazole rings is 1. The molecule has 0 amide bonds. The molecule has 30 heavy (non-hydrogen) atoms. The highest BCUT2D eigenvalue weighted by Gasteiger charge is 2.22. The molecule has 0 aliphatic rings. The number of methoxy groups -OCH3 is 1. The highest BCUT2D eigenvalue weighted by atomic mass is 35.5. The standard InChI is InChI=1S/C21H16ClN3O4S/c1-3-29-20-18(25(26)27)9-13(10-19(20)28-2)8-15(11-23)21-24-17(12-30-21)14-4-6-16(22)7-5-14/h4-10,12H,3H2,1-2H3/b15-8-. The summed E-state index contributed by atoms with van der Waals surface area (Å²) < 4.78 is 10.6. The lowest BCUT2D eigenvalue weighted by atomic mass is 10.1. The Hall–Kier alpha value is -3.41. The number of hydrogen-bond acceptors (Lipinski definition) is 7. The van der Waals surface area contributed by atoms with Gasteiger partial charge in [-0.1, -0.05) is 23.7 Å². The van der Waals surface area contributed by atoms with Crippen molar-refractivity contribution in [2.24, 2.45) is 0 Å². The lowest BCUT2D eigenvalue weighted by Gasteiger charge is -2.10. The van der Waals surface area contributed by atoms with E-state index >= 15 is 0 Å². The molecule has 2 aromatic carbocycles. The second kappa shape index (κ2) is 9.39. The minimum absolute atomic E-state index is 0.0555. The number of benzene rings is 2. The largest absolute Gasteiger partial charge is 0.493 e. The van der Waals surface area contributed by atoms with Crippen LogP contribution in [-0.4, -0.2) is 23.6 Å². The second-order valence-corrected chi connectivity index (χ2v) is 7.27. The molecule has 3 aromatic rings. The van der Waals surface area contributed by atoms with Crippen LogP contribution in [0.4, 0.5) is 5.69 Å². The molecule has 0 spiro atoms. The lowest BCUT2D eigenvalue weighted by Crippen LogP contribution is -2.01. The SMILES string of the molecule is CCOc1c(OC)cc(/C=C(/C#N)c2nc(-c3ccc(Cl)cc3)cs2)cc1[N+](=O)[O-]. The van der Waals surface area contributed by atoms with E-state index in [9.17, 15) is 15.4 Å². The van der Waals surface area contributed by atoms with Crippen molar-refractivity contribution in [2.75, 3.05) is 13.7 Å². The van der Waals surface area contributed by atoms with E-state index in [2.05, 4.69) is 11.1 Å². The fourth-order valence-electron chi connectivity index (χ4n) is 2.73. The number of aromatic nitrogens is 1. The topological polar surface area (TPSA) is 98.3 Å². The van der Waals surface area contributed by atoms with Gasteiger partial charge in [-0.3, -0.25) is 10.1 Å². The molecule has 0 unspecified atom stereocenters. The summed E-state index contributed by atoms with van der Waals surface area (Å²) in [6.07, 6.45) is 1.54. The van der Waals surface area contributed by atoms with Crippen LogP contribution in [0.5, 0.6) is 11.5 Å². The molecule has 0 aliphatic carbocycles. The summed E-state index contributed by atoms with van der Waals surface area (Å²) in [7, 11) is 1.40. The molecule has 7 nitrogen and oxygen atoms in total. The van der Waals surface area contributed by atoms with Gasteiger partial charge in [-0.15, -0.1) is 11.3 Å². The van der Waals surface area contributed by atoms with Gasteiger partial charge in [0.15, 0.2) is 5.75 Å². The molecule has 0 radical (unpaired) electrons. The zero-order chi connectivity index (χ0) is 21.7. The maximum Gasteiger partial charge on any atom is 0.315 e. The maximum absolute atomic E-state index is 11.5. The van der Waals surface area contributed by atoms with Gasteiger partial charge in [-0.2, -0.15) is 5.26 Å². The predicted octanol–water partition coefficient (Wildman–Crippen LogP) is 5.84. The van der Waals surface area contributed by atoms with E-state index in [-0.39, 0.29) is 29.4 Å². The first-order chi connectivity index (χ1) is 14.5. The van der Waals surface area contributed by atoms with Crippen LogP contribution in [0.15, 0.2) is 41.8 Å². The van der Waals surface area contributed by atoms with Crippen LogP contribution >= 0.6 is 22.9 Å². The summed E-state index contributed by atoms with van der Waals surface area (Å²) in [5.41, 5.74) is 2.06. The third-order valence-electron chi connectivity index (χ3n) is 4.07. The lowest BCUT2D eigenvalue weighted by molar-refractivity contribution is -0.385. The number of nitriles is 1. The molecule has 0 saturated heterocycles. The Morgan fingerprint density at radius 3 is 2.70 bits per heavy atom. The summed E-state index contributed by atoms with van der Waals surface area (Å²) in [4.78, 5) is 15.5. The highest BCUT2D eigenvalue weighted by Crippen LogP contribution is 2.39. The number of ether oxygens (including phenoxy) is 2. The van der Waals surface area contributed by atoms with Gasteiger partial charge in [0, 0.05) is 22.0 Å². The first-order valence-electron chi connectivity index (χ1n) is 8.79. The van der Waals surface area contributed by atoms with Crippen LogP contribution in [0, 0.1) is 21.4 Å². The number of allylic oxidation sites excluding steroid dienone is 1. The van der Waals surface area contributed by atoms with Crippen LogP contribution in [-0.2, 0) is 0 Å². The van der Waals surface area contributed by atoms with Gasteiger partial charge < -0.3 is 9.47 Å². The number of hydrogen-bond donors (Lipinski definition) is 0. The second-order valence-electron chi connectivity index (χ2n) is 5.98. The Bertz CT molecular complexity index is 1150. The Labute approximate surface area is 181 Å². The van der Waals surface area contributed by atoms with E-state index in [4.69, 9.17) is 21.1 Å². The molecule has 0 atom stereocenters. The number of nitro benzene ring substituents is 1. The van der Waals surface area contributed by atoms with E-state index in [1.165, 1.54) is 30.6 Å². The van der Waals surface area contributed by atoms with Gasteiger partial charge in [0.2, 0.25) is 5.75 Å². The average Bonchev–Trinajstić information content (AvgIpc) is 3.23. The van der Waals surface area contributed by atoms with Crippen molar-refractivity contribution in [1.82, 2.24) is 4.98 Å². The van der Waals surface area contributed by atoms with Gasteiger partial charge in [0.05, 0.1) is 29.9 Å². The molecule has 0 fully saturated rings. The smallest absolute Gasteiger partial charge is 0.315 e. The number of nitro groups is 1. The van der Waals surface area contributed by atoms with Gasteiger partial charge in [0.25, 0.3) is 0 Å². The van der Waals surface area contributed by atoms with Crippen LogP contribution in [0.1, 0.15) is 17.5 Å². The van der Waals surface area contributed by atoms with Gasteiger partial charge in [0.1, 0.15) is 11.1 Å². The van der Waals surface area contributed by atoms with Crippen LogP contribution in [0.3, 0.4) is 0 Å². The summed E-state index contributed by atoms with van der Waals surface area (Å²) in [6.45, 7) is 1.98. The zero-order valence-electron chi connectivity index (χ0n) is 16.1. The van der Waals surface area contributed by atoms with Crippen molar-refractivity contribution in [3.8, 4) is 28.8 Å². The van der Waals surface area contributed by atoms with Gasteiger partial charge in [-0.05, 0) is 36.8 Å². The molecule has 152 valence electrons. The predicted molar refractivity (Wildman–Crippen MR) is 117 cm³/mol. The number of halogens is 1. The monoisotopic (exact) mass is 441 g/mol. The average molecular weight is 442 g/mol. The molecule has 0 saturated carbocycles. The maximum atomic E-state index is 11.5. The Balaban J connectivity index is 2.02. The number of nitrogens with zero attached hydrogens (tertiary/aromatic N) is 3. The molecule has 0 bridgehead atoms. The fourth-order valence-corrected chi connectivity index (χ4v) is 3.65. The molecular weight excluding hydrogens is 426 g/mol. The molecule has 0 aliphatic heterocycles. The summed E-state index contributed by atoms with van der Waals surface area (Å²) in [6, 6.07) is 12.3. The zero-order valence-corrected chi connectivity index (χ0v) is 17.7. The summed E-state index contributed by atoms with van der Waals surface area (Å²) >= 11 is 7.23. The van der Waals surface area contributed by atoms with E-state index in [0.717, 1.165) is 5.56 Å². The minimum atomic E-state index is -0.543. The third-order valence-corrected chi connectivity index (χ3v) is 5.20. The van der Waals surface area contributed by atoms with Crippen molar-refractivity contribution >= 4 is 40.3 Å². The Morgan fingerprint density at radius 2 is 2.10 bits per heavy atom. The quantitative estimate of drug-likeness (QED) is 0.259.